The van der Waals surface area contributed by atoms with E-state index in [0.717, 1.165) is 16.6 Å². The topological polar surface area (TPSA) is 52.8 Å². The van der Waals surface area contributed by atoms with Crippen molar-refractivity contribution >= 4 is 10.9 Å². The number of fused-ring (bicyclic) bond motifs is 1. The van der Waals surface area contributed by atoms with Crippen molar-refractivity contribution in [3.05, 3.63) is 11.9 Å². The van der Waals surface area contributed by atoms with Gasteiger partial charge in [0, 0.05) is 12.0 Å². The molecule has 1 aliphatic carbocycles. The van der Waals surface area contributed by atoms with Crippen LogP contribution in [-0.2, 0) is 0 Å². The molecule has 2 heterocycles. The van der Waals surface area contributed by atoms with Crippen LogP contribution in [0.15, 0.2) is 6.20 Å². The highest BCUT2D eigenvalue weighted by Gasteiger charge is 2.31. The Hall–Kier alpha value is -1.65. The average Bonchev–Trinajstić information content (AvgIpc) is 3.08. The SMILES string of the molecule is COc1nncc2c1c(C1CC1)nn2C(C)C. The van der Waals surface area contributed by atoms with Gasteiger partial charge in [-0.3, -0.25) is 4.68 Å². The van der Waals surface area contributed by atoms with E-state index in [4.69, 9.17) is 9.84 Å². The fourth-order valence-corrected chi connectivity index (χ4v) is 2.17. The van der Waals surface area contributed by atoms with E-state index in [1.54, 1.807) is 13.3 Å². The molecule has 5 nitrogen and oxygen atoms in total. The van der Waals surface area contributed by atoms with Crippen LogP contribution in [0.4, 0.5) is 0 Å². The molecule has 1 fully saturated rings. The zero-order valence-corrected chi connectivity index (χ0v) is 10.3. The zero-order chi connectivity index (χ0) is 12.0. The summed E-state index contributed by atoms with van der Waals surface area (Å²) in [6.45, 7) is 4.24. The molecule has 0 amide bonds. The first kappa shape index (κ1) is 10.5. The molecule has 0 unspecified atom stereocenters. The summed E-state index contributed by atoms with van der Waals surface area (Å²) in [5.41, 5.74) is 2.15. The Bertz CT molecular complexity index is 557. The molecule has 0 bridgehead atoms. The Labute approximate surface area is 99.8 Å². The third kappa shape index (κ3) is 1.57. The highest BCUT2D eigenvalue weighted by molar-refractivity contribution is 5.86. The molecule has 90 valence electrons. The van der Waals surface area contributed by atoms with Crippen molar-refractivity contribution in [3.63, 3.8) is 0 Å². The Morgan fingerprint density at radius 1 is 1.41 bits per heavy atom. The normalized spacial score (nSPS) is 15.8. The highest BCUT2D eigenvalue weighted by Crippen LogP contribution is 2.44. The van der Waals surface area contributed by atoms with Crippen LogP contribution in [0.1, 0.15) is 44.3 Å². The van der Waals surface area contributed by atoms with Crippen molar-refractivity contribution in [2.75, 3.05) is 7.11 Å². The predicted molar refractivity (Wildman–Crippen MR) is 64.2 cm³/mol. The Morgan fingerprint density at radius 2 is 2.18 bits per heavy atom. The summed E-state index contributed by atoms with van der Waals surface area (Å²) in [4.78, 5) is 0. The van der Waals surface area contributed by atoms with Crippen LogP contribution in [0.25, 0.3) is 10.9 Å². The van der Waals surface area contributed by atoms with Crippen molar-refractivity contribution in [3.8, 4) is 5.88 Å². The maximum Gasteiger partial charge on any atom is 0.244 e. The maximum atomic E-state index is 5.31. The summed E-state index contributed by atoms with van der Waals surface area (Å²) < 4.78 is 7.33. The molecule has 1 aliphatic rings. The third-order valence-corrected chi connectivity index (χ3v) is 3.16. The Balaban J connectivity index is 2.31. The number of hydrogen-bond acceptors (Lipinski definition) is 4. The average molecular weight is 232 g/mol. The first-order chi connectivity index (χ1) is 8.22. The minimum atomic E-state index is 0.318. The lowest BCUT2D eigenvalue weighted by Crippen LogP contribution is -2.03. The van der Waals surface area contributed by atoms with Crippen molar-refractivity contribution in [1.29, 1.82) is 0 Å². The lowest BCUT2D eigenvalue weighted by atomic mass is 10.2. The van der Waals surface area contributed by atoms with Gasteiger partial charge < -0.3 is 4.74 Å². The van der Waals surface area contributed by atoms with Crippen molar-refractivity contribution in [2.24, 2.45) is 0 Å². The number of aromatic nitrogens is 4. The second-order valence-corrected chi connectivity index (χ2v) is 4.81. The molecule has 0 saturated heterocycles. The van der Waals surface area contributed by atoms with Gasteiger partial charge in [0.05, 0.1) is 29.9 Å². The fourth-order valence-electron chi connectivity index (χ4n) is 2.17. The standard InChI is InChI=1S/C12H16N4O/c1-7(2)16-9-6-13-14-12(17-3)10(9)11(15-16)8-4-5-8/h6-8H,4-5H2,1-3H3. The second kappa shape index (κ2) is 3.68. The Morgan fingerprint density at radius 3 is 2.76 bits per heavy atom. The monoisotopic (exact) mass is 232 g/mol. The van der Waals surface area contributed by atoms with Gasteiger partial charge in [0.15, 0.2) is 0 Å². The van der Waals surface area contributed by atoms with Gasteiger partial charge in [-0.2, -0.15) is 10.2 Å². The number of methoxy groups -OCH3 is 1. The number of ether oxygens (including phenoxy) is 1. The molecule has 0 N–H and O–H groups in total. The van der Waals surface area contributed by atoms with Crippen LogP contribution in [-0.4, -0.2) is 27.1 Å². The van der Waals surface area contributed by atoms with Crippen LogP contribution < -0.4 is 4.74 Å². The molecule has 1 saturated carbocycles. The van der Waals surface area contributed by atoms with E-state index in [9.17, 15) is 0 Å². The van der Waals surface area contributed by atoms with Crippen LogP contribution in [0, 0.1) is 0 Å². The molecular formula is C12H16N4O. The van der Waals surface area contributed by atoms with Crippen LogP contribution >= 0.6 is 0 Å². The molecule has 2 aromatic heterocycles. The summed E-state index contributed by atoms with van der Waals surface area (Å²) in [7, 11) is 1.63. The summed E-state index contributed by atoms with van der Waals surface area (Å²) in [6, 6.07) is 0.318. The van der Waals surface area contributed by atoms with Crippen LogP contribution in [0.5, 0.6) is 5.88 Å². The first-order valence-corrected chi connectivity index (χ1v) is 6.00. The lowest BCUT2D eigenvalue weighted by molar-refractivity contribution is 0.397. The van der Waals surface area contributed by atoms with Gasteiger partial charge in [0.2, 0.25) is 5.88 Å². The van der Waals surface area contributed by atoms with Crippen molar-refractivity contribution in [2.45, 2.75) is 38.6 Å². The molecule has 0 radical (unpaired) electrons. The predicted octanol–water partition coefficient (Wildman–Crippen LogP) is 2.29. The Kier molecular flexibility index (Phi) is 2.28. The number of nitrogens with zero attached hydrogens (tertiary/aromatic N) is 4. The van der Waals surface area contributed by atoms with Gasteiger partial charge in [-0.15, -0.1) is 5.10 Å². The van der Waals surface area contributed by atoms with Gasteiger partial charge in [-0.25, -0.2) is 0 Å². The third-order valence-electron chi connectivity index (χ3n) is 3.16. The van der Waals surface area contributed by atoms with E-state index in [1.165, 1.54) is 12.8 Å². The van der Waals surface area contributed by atoms with E-state index in [1.807, 2.05) is 4.68 Å². The number of hydrogen-bond donors (Lipinski definition) is 0. The molecule has 0 aliphatic heterocycles. The van der Waals surface area contributed by atoms with Gasteiger partial charge in [-0.05, 0) is 26.7 Å². The summed E-state index contributed by atoms with van der Waals surface area (Å²) >= 11 is 0. The largest absolute Gasteiger partial charge is 0.479 e. The van der Waals surface area contributed by atoms with Crippen LogP contribution in [0.2, 0.25) is 0 Å². The van der Waals surface area contributed by atoms with Crippen molar-refractivity contribution in [1.82, 2.24) is 20.0 Å². The minimum absolute atomic E-state index is 0.318. The first-order valence-electron chi connectivity index (χ1n) is 6.00. The second-order valence-electron chi connectivity index (χ2n) is 4.81. The van der Waals surface area contributed by atoms with Crippen LogP contribution in [0.3, 0.4) is 0 Å². The molecule has 0 spiro atoms. The summed E-state index contributed by atoms with van der Waals surface area (Å²) in [5, 5.41) is 13.8. The maximum absolute atomic E-state index is 5.31. The smallest absolute Gasteiger partial charge is 0.244 e. The quantitative estimate of drug-likeness (QED) is 0.814. The van der Waals surface area contributed by atoms with E-state index >= 15 is 0 Å². The van der Waals surface area contributed by atoms with Gasteiger partial charge >= 0.3 is 0 Å². The van der Waals surface area contributed by atoms with Gasteiger partial charge in [0.1, 0.15) is 0 Å². The molecule has 0 aromatic carbocycles. The fraction of sp³-hybridized carbons (Fsp3) is 0.583. The zero-order valence-electron chi connectivity index (χ0n) is 10.3. The molecular weight excluding hydrogens is 216 g/mol. The van der Waals surface area contributed by atoms with Crippen molar-refractivity contribution < 1.29 is 4.74 Å². The summed E-state index contributed by atoms with van der Waals surface area (Å²) in [5.74, 6) is 1.17. The summed E-state index contributed by atoms with van der Waals surface area (Å²) in [6.07, 6.45) is 4.21. The minimum Gasteiger partial charge on any atom is -0.479 e. The molecule has 17 heavy (non-hydrogen) atoms. The van der Waals surface area contributed by atoms with E-state index < -0.39 is 0 Å². The van der Waals surface area contributed by atoms with E-state index in [0.29, 0.717) is 17.8 Å². The lowest BCUT2D eigenvalue weighted by Gasteiger charge is -2.06. The molecule has 0 atom stereocenters. The van der Waals surface area contributed by atoms with Gasteiger partial charge in [0.25, 0.3) is 0 Å². The highest BCUT2D eigenvalue weighted by atomic mass is 16.5. The van der Waals surface area contributed by atoms with E-state index in [-0.39, 0.29) is 0 Å². The number of rotatable bonds is 3. The molecule has 2 aromatic rings. The van der Waals surface area contributed by atoms with E-state index in [2.05, 4.69) is 24.0 Å². The molecule has 5 heteroatoms. The molecule has 3 rings (SSSR count). The van der Waals surface area contributed by atoms with Gasteiger partial charge in [-0.1, -0.05) is 0 Å².